The fraction of sp³-hybridized carbons (Fsp3) is 0.444. The smallest absolute Gasteiger partial charge is 0.340 e. The van der Waals surface area contributed by atoms with Crippen molar-refractivity contribution in [2.75, 3.05) is 18.1 Å². The number of nitrogen functional groups attached to an aromatic ring is 1. The van der Waals surface area contributed by atoms with Crippen LogP contribution in [0, 0.1) is 17.8 Å². The number of rotatable bonds is 3. The lowest BCUT2D eigenvalue weighted by Crippen LogP contribution is -2.35. The van der Waals surface area contributed by atoms with Gasteiger partial charge in [0.05, 0.1) is 22.4 Å². The van der Waals surface area contributed by atoms with Crippen molar-refractivity contribution in [2.45, 2.75) is 51.6 Å². The van der Waals surface area contributed by atoms with Gasteiger partial charge in [-0.2, -0.15) is 0 Å². The van der Waals surface area contributed by atoms with Crippen LogP contribution in [0.2, 0.25) is 0 Å². The minimum Gasteiger partial charge on any atom is -0.459 e. The SMILES string of the molecule is CNc1cc(C(=O)O[C@@H]2CC[C@@H]3CC(C)CCC3C2)c(N)c2c1C(=O)c1ccccc1C2=O. The molecule has 0 radical (unpaired) electrons. The van der Waals surface area contributed by atoms with Crippen LogP contribution in [0.4, 0.5) is 11.4 Å². The van der Waals surface area contributed by atoms with E-state index < -0.39 is 5.97 Å². The van der Waals surface area contributed by atoms with Crippen LogP contribution in [0.5, 0.6) is 0 Å². The van der Waals surface area contributed by atoms with E-state index in [-0.39, 0.29) is 40.0 Å². The van der Waals surface area contributed by atoms with Crippen molar-refractivity contribution in [2.24, 2.45) is 17.8 Å². The number of esters is 1. The molecule has 33 heavy (non-hydrogen) atoms. The van der Waals surface area contributed by atoms with Gasteiger partial charge in [0.15, 0.2) is 11.6 Å². The van der Waals surface area contributed by atoms with Gasteiger partial charge >= 0.3 is 5.97 Å². The van der Waals surface area contributed by atoms with E-state index in [1.165, 1.54) is 19.3 Å². The largest absolute Gasteiger partial charge is 0.459 e. The van der Waals surface area contributed by atoms with Gasteiger partial charge in [-0.25, -0.2) is 4.79 Å². The number of nitrogens with one attached hydrogen (secondary N) is 1. The summed E-state index contributed by atoms with van der Waals surface area (Å²) in [7, 11) is 1.66. The molecule has 6 heteroatoms. The molecule has 2 aromatic carbocycles. The maximum absolute atomic E-state index is 13.3. The molecule has 4 atom stereocenters. The number of hydrogen-bond donors (Lipinski definition) is 2. The molecular weight excluding hydrogens is 416 g/mol. The number of benzene rings is 2. The maximum Gasteiger partial charge on any atom is 0.340 e. The zero-order valence-electron chi connectivity index (χ0n) is 19.1. The third-order valence-electron chi connectivity index (χ3n) is 7.83. The van der Waals surface area contributed by atoms with Gasteiger partial charge in [0.25, 0.3) is 0 Å². The van der Waals surface area contributed by atoms with Crippen LogP contribution < -0.4 is 11.1 Å². The Balaban J connectivity index is 1.44. The molecular formula is C27H30N2O4. The summed E-state index contributed by atoms with van der Waals surface area (Å²) in [4.78, 5) is 39.7. The predicted octanol–water partition coefficient (Wildman–Crippen LogP) is 4.85. The molecule has 0 bridgehead atoms. The van der Waals surface area contributed by atoms with E-state index in [2.05, 4.69) is 12.2 Å². The van der Waals surface area contributed by atoms with Crippen LogP contribution >= 0.6 is 0 Å². The van der Waals surface area contributed by atoms with Crippen molar-refractivity contribution in [3.8, 4) is 0 Å². The Morgan fingerprint density at radius 3 is 2.30 bits per heavy atom. The van der Waals surface area contributed by atoms with E-state index in [1.54, 1.807) is 37.4 Å². The summed E-state index contributed by atoms with van der Waals surface area (Å²) >= 11 is 0. The van der Waals surface area contributed by atoms with Gasteiger partial charge in [-0.05, 0) is 55.9 Å². The maximum atomic E-state index is 13.3. The second-order valence-corrected chi connectivity index (χ2v) is 9.87. The standard InChI is InChI=1S/C27H30N2O4/c1-14-7-8-16-12-17(10-9-15(16)11-14)33-27(32)20-13-21(29-2)22-23(24(20)28)26(31)19-6-4-3-5-18(19)25(22)30/h3-6,13-17,29H,7-12,28H2,1-2H3/t14?,15-,16?,17-/m1/s1. The second-order valence-electron chi connectivity index (χ2n) is 9.87. The normalized spacial score (nSPS) is 26.1. The highest BCUT2D eigenvalue weighted by Gasteiger charge is 2.38. The van der Waals surface area contributed by atoms with Gasteiger partial charge in [0.1, 0.15) is 6.10 Å². The Bertz CT molecular complexity index is 1160. The zero-order chi connectivity index (χ0) is 23.3. The summed E-state index contributed by atoms with van der Waals surface area (Å²) in [5.74, 6) is 0.973. The van der Waals surface area contributed by atoms with Crippen LogP contribution in [0.25, 0.3) is 0 Å². The average molecular weight is 447 g/mol. The zero-order valence-corrected chi connectivity index (χ0v) is 19.1. The lowest BCUT2D eigenvalue weighted by molar-refractivity contribution is -0.00482. The molecule has 0 amide bonds. The number of ether oxygens (including phenoxy) is 1. The quantitative estimate of drug-likeness (QED) is 0.441. The Kier molecular flexibility index (Phi) is 5.47. The van der Waals surface area contributed by atoms with E-state index in [4.69, 9.17) is 10.5 Å². The molecule has 2 saturated carbocycles. The highest BCUT2D eigenvalue weighted by atomic mass is 16.5. The Hall–Kier alpha value is -3.15. The summed E-state index contributed by atoms with van der Waals surface area (Å²) in [6.07, 6.45) is 6.39. The topological polar surface area (TPSA) is 98.5 Å². The summed E-state index contributed by atoms with van der Waals surface area (Å²) in [5, 5.41) is 2.97. The van der Waals surface area contributed by atoms with E-state index >= 15 is 0 Å². The monoisotopic (exact) mass is 446 g/mol. The molecule has 0 saturated heterocycles. The first-order valence-corrected chi connectivity index (χ1v) is 11.9. The van der Waals surface area contributed by atoms with E-state index in [9.17, 15) is 14.4 Å². The van der Waals surface area contributed by atoms with Crippen LogP contribution in [0.15, 0.2) is 30.3 Å². The molecule has 2 unspecified atom stereocenters. The Morgan fingerprint density at radius 1 is 0.970 bits per heavy atom. The van der Waals surface area contributed by atoms with E-state index in [0.717, 1.165) is 31.1 Å². The number of ketones is 2. The molecule has 0 heterocycles. The molecule has 172 valence electrons. The molecule has 3 N–H and O–H groups in total. The van der Waals surface area contributed by atoms with Crippen LogP contribution in [0.1, 0.15) is 87.6 Å². The lowest BCUT2D eigenvalue weighted by Gasteiger charge is -2.41. The minimum absolute atomic E-state index is 0.0158. The highest BCUT2D eigenvalue weighted by molar-refractivity contribution is 6.32. The highest BCUT2D eigenvalue weighted by Crippen LogP contribution is 2.44. The first-order chi connectivity index (χ1) is 15.9. The molecule has 6 nitrogen and oxygen atoms in total. The number of fused-ring (bicyclic) bond motifs is 3. The molecule has 2 aromatic rings. The van der Waals surface area contributed by atoms with Gasteiger partial charge in [0.2, 0.25) is 0 Å². The van der Waals surface area contributed by atoms with E-state index in [0.29, 0.717) is 22.7 Å². The summed E-state index contributed by atoms with van der Waals surface area (Å²) in [6.45, 7) is 2.32. The molecule has 3 aliphatic rings. The minimum atomic E-state index is -0.529. The van der Waals surface area contributed by atoms with E-state index in [1.807, 2.05) is 0 Å². The van der Waals surface area contributed by atoms with Crippen molar-refractivity contribution >= 4 is 28.9 Å². The summed E-state index contributed by atoms with van der Waals surface area (Å²) in [6, 6.07) is 8.24. The molecule has 0 aromatic heterocycles. The molecule has 0 spiro atoms. The second kappa shape index (κ2) is 8.32. The number of nitrogens with two attached hydrogens (primary N) is 1. The fourth-order valence-electron chi connectivity index (χ4n) is 6.09. The first kappa shape index (κ1) is 21.7. The van der Waals surface area contributed by atoms with Crippen LogP contribution in [0.3, 0.4) is 0 Å². The summed E-state index contributed by atoms with van der Waals surface area (Å²) < 4.78 is 5.91. The van der Waals surface area contributed by atoms with Crippen molar-refractivity contribution < 1.29 is 19.1 Å². The third kappa shape index (κ3) is 3.62. The number of carbonyl (C=O) groups is 3. The Morgan fingerprint density at radius 2 is 1.61 bits per heavy atom. The van der Waals surface area contributed by atoms with Gasteiger partial charge in [0, 0.05) is 23.9 Å². The average Bonchev–Trinajstić information content (AvgIpc) is 2.82. The van der Waals surface area contributed by atoms with Crippen molar-refractivity contribution in [3.63, 3.8) is 0 Å². The van der Waals surface area contributed by atoms with Crippen LogP contribution in [-0.2, 0) is 4.74 Å². The molecule has 5 rings (SSSR count). The lowest BCUT2D eigenvalue weighted by atomic mass is 9.67. The first-order valence-electron chi connectivity index (χ1n) is 11.9. The van der Waals surface area contributed by atoms with Crippen molar-refractivity contribution in [3.05, 3.63) is 58.1 Å². The summed E-state index contributed by atoms with van der Waals surface area (Å²) in [5.41, 5.74) is 7.87. The van der Waals surface area contributed by atoms with Gasteiger partial charge in [-0.3, -0.25) is 9.59 Å². The number of anilines is 2. The number of hydrogen-bond acceptors (Lipinski definition) is 6. The fourth-order valence-corrected chi connectivity index (χ4v) is 6.09. The molecule has 3 aliphatic carbocycles. The molecule has 2 fully saturated rings. The van der Waals surface area contributed by atoms with Crippen molar-refractivity contribution in [1.29, 1.82) is 0 Å². The van der Waals surface area contributed by atoms with Crippen LogP contribution in [-0.4, -0.2) is 30.7 Å². The number of carbonyl (C=O) groups excluding carboxylic acids is 3. The van der Waals surface area contributed by atoms with Crippen molar-refractivity contribution in [1.82, 2.24) is 0 Å². The predicted molar refractivity (Wildman–Crippen MR) is 127 cm³/mol. The third-order valence-corrected chi connectivity index (χ3v) is 7.83. The Labute approximate surface area is 193 Å². The van der Waals surface area contributed by atoms with Gasteiger partial charge < -0.3 is 15.8 Å². The van der Waals surface area contributed by atoms with Gasteiger partial charge in [-0.15, -0.1) is 0 Å². The molecule has 0 aliphatic heterocycles. The van der Waals surface area contributed by atoms with Gasteiger partial charge in [-0.1, -0.05) is 37.6 Å².